The van der Waals surface area contributed by atoms with Crippen LogP contribution in [-0.2, 0) is 10.0 Å². The van der Waals surface area contributed by atoms with Crippen LogP contribution >= 0.6 is 0 Å². The van der Waals surface area contributed by atoms with Gasteiger partial charge in [0.25, 0.3) is 0 Å². The van der Waals surface area contributed by atoms with Gasteiger partial charge in [-0.1, -0.05) is 13.8 Å². The number of hydrogen-bond donors (Lipinski definition) is 1. The minimum atomic E-state index is -3.07. The maximum atomic E-state index is 10.6. The molecule has 0 rings (SSSR count). The Morgan fingerprint density at radius 3 is 1.80 bits per heavy atom. The van der Waals surface area contributed by atoms with Crippen molar-refractivity contribution in [2.75, 3.05) is 19.3 Å². The molecule has 0 spiro atoms. The number of sulfonamides is 1. The van der Waals surface area contributed by atoms with Gasteiger partial charge in [-0.05, 0) is 0 Å². The van der Waals surface area contributed by atoms with Crippen LogP contribution in [0.15, 0.2) is 0 Å². The van der Waals surface area contributed by atoms with Crippen LogP contribution < -0.4 is 4.83 Å². The van der Waals surface area contributed by atoms with Crippen molar-refractivity contribution in [3.63, 3.8) is 0 Å². The Hall–Kier alpha value is -0.130. The first-order valence-electron chi connectivity index (χ1n) is 3.22. The largest absolute Gasteiger partial charge is 0.231 e. The van der Waals surface area contributed by atoms with Crippen molar-refractivity contribution < 1.29 is 8.42 Å². The van der Waals surface area contributed by atoms with E-state index in [1.807, 2.05) is 13.8 Å². The van der Waals surface area contributed by atoms with Gasteiger partial charge in [0, 0.05) is 13.1 Å². The minimum absolute atomic E-state index is 0.684. The Labute approximate surface area is 62.2 Å². The molecular formula is C5H14N2O2S. The summed E-state index contributed by atoms with van der Waals surface area (Å²) in [6, 6.07) is 0. The number of rotatable bonds is 4. The van der Waals surface area contributed by atoms with E-state index in [0.29, 0.717) is 13.1 Å². The van der Waals surface area contributed by atoms with Crippen molar-refractivity contribution in [1.29, 1.82) is 0 Å². The van der Waals surface area contributed by atoms with Crippen molar-refractivity contribution in [2.24, 2.45) is 0 Å². The molecule has 0 radical (unpaired) electrons. The van der Waals surface area contributed by atoms with E-state index in [2.05, 4.69) is 4.83 Å². The van der Waals surface area contributed by atoms with Gasteiger partial charge in [-0.15, -0.1) is 4.83 Å². The smallest absolute Gasteiger partial charge is 0.221 e. The molecule has 0 fully saturated rings. The van der Waals surface area contributed by atoms with Crippen molar-refractivity contribution in [3.8, 4) is 0 Å². The molecule has 0 aromatic carbocycles. The fraction of sp³-hybridized carbons (Fsp3) is 1.00. The highest BCUT2D eigenvalue weighted by Gasteiger charge is 2.04. The van der Waals surface area contributed by atoms with Gasteiger partial charge in [-0.25, -0.2) is 13.4 Å². The summed E-state index contributed by atoms with van der Waals surface area (Å²) in [5, 5.41) is 1.62. The molecule has 5 heteroatoms. The zero-order valence-electron chi connectivity index (χ0n) is 6.59. The molecule has 0 amide bonds. The van der Waals surface area contributed by atoms with Crippen LogP contribution in [0.2, 0.25) is 0 Å². The Balaban J connectivity index is 3.87. The molecular weight excluding hydrogens is 152 g/mol. The fourth-order valence-electron chi connectivity index (χ4n) is 0.587. The van der Waals surface area contributed by atoms with Crippen LogP contribution in [0, 0.1) is 0 Å². The molecule has 0 atom stereocenters. The highest BCUT2D eigenvalue weighted by Crippen LogP contribution is 1.82. The van der Waals surface area contributed by atoms with Crippen molar-refractivity contribution in [1.82, 2.24) is 9.84 Å². The lowest BCUT2D eigenvalue weighted by Crippen LogP contribution is -2.41. The molecule has 0 aromatic heterocycles. The summed E-state index contributed by atoms with van der Waals surface area (Å²) in [5.41, 5.74) is 0. The van der Waals surface area contributed by atoms with Crippen LogP contribution in [0.3, 0.4) is 0 Å². The van der Waals surface area contributed by atoms with Crippen molar-refractivity contribution in [3.05, 3.63) is 0 Å². The Bertz CT molecular complexity index is 172. The Morgan fingerprint density at radius 1 is 1.30 bits per heavy atom. The van der Waals surface area contributed by atoms with Gasteiger partial charge in [0.2, 0.25) is 10.0 Å². The normalized spacial score (nSPS) is 12.4. The number of nitrogens with one attached hydrogen (secondary N) is 1. The summed E-state index contributed by atoms with van der Waals surface area (Å²) in [4.78, 5) is 2.36. The summed E-state index contributed by atoms with van der Waals surface area (Å²) in [6.45, 7) is 5.15. The Morgan fingerprint density at radius 2 is 1.70 bits per heavy atom. The lowest BCUT2D eigenvalue weighted by molar-refractivity contribution is 0.268. The van der Waals surface area contributed by atoms with Crippen LogP contribution in [0.1, 0.15) is 13.8 Å². The second kappa shape index (κ2) is 3.90. The van der Waals surface area contributed by atoms with E-state index in [-0.39, 0.29) is 0 Å². The van der Waals surface area contributed by atoms with Crippen LogP contribution in [-0.4, -0.2) is 32.8 Å². The van der Waals surface area contributed by atoms with Gasteiger partial charge >= 0.3 is 0 Å². The van der Waals surface area contributed by atoms with Gasteiger partial charge < -0.3 is 0 Å². The van der Waals surface area contributed by atoms with Gasteiger partial charge in [0.05, 0.1) is 6.26 Å². The number of nitrogens with zero attached hydrogens (tertiary/aromatic N) is 1. The fourth-order valence-corrected chi connectivity index (χ4v) is 1.31. The van der Waals surface area contributed by atoms with E-state index < -0.39 is 10.0 Å². The molecule has 62 valence electrons. The molecule has 0 saturated heterocycles. The first-order valence-corrected chi connectivity index (χ1v) is 5.11. The standard InChI is InChI=1S/C5H14N2O2S/c1-4-7(5-2)6-10(3,8)9/h6H,4-5H2,1-3H3. The zero-order valence-corrected chi connectivity index (χ0v) is 7.40. The van der Waals surface area contributed by atoms with E-state index in [1.165, 1.54) is 0 Å². The monoisotopic (exact) mass is 166 g/mol. The third-order valence-corrected chi connectivity index (χ3v) is 1.65. The number of hydrazine groups is 1. The van der Waals surface area contributed by atoms with Crippen LogP contribution in [0.5, 0.6) is 0 Å². The maximum Gasteiger partial charge on any atom is 0.221 e. The first-order chi connectivity index (χ1) is 4.49. The summed E-state index contributed by atoms with van der Waals surface area (Å²) < 4.78 is 21.2. The van der Waals surface area contributed by atoms with E-state index in [4.69, 9.17) is 0 Å². The highest BCUT2D eigenvalue weighted by molar-refractivity contribution is 7.88. The second-order valence-electron chi connectivity index (χ2n) is 2.04. The molecule has 0 bridgehead atoms. The lowest BCUT2D eigenvalue weighted by Gasteiger charge is -2.16. The van der Waals surface area contributed by atoms with Crippen molar-refractivity contribution >= 4 is 10.0 Å². The quantitative estimate of drug-likeness (QED) is 0.588. The summed E-state index contributed by atoms with van der Waals surface area (Å²) in [6.07, 6.45) is 1.14. The summed E-state index contributed by atoms with van der Waals surface area (Å²) >= 11 is 0. The maximum absolute atomic E-state index is 10.6. The molecule has 1 N–H and O–H groups in total. The molecule has 10 heavy (non-hydrogen) atoms. The van der Waals surface area contributed by atoms with Gasteiger partial charge in [-0.2, -0.15) is 0 Å². The summed E-state index contributed by atoms with van der Waals surface area (Å²) in [7, 11) is -3.07. The predicted molar refractivity (Wildman–Crippen MR) is 40.9 cm³/mol. The lowest BCUT2D eigenvalue weighted by atomic mass is 10.6. The third kappa shape index (κ3) is 4.72. The highest BCUT2D eigenvalue weighted by atomic mass is 32.2. The van der Waals surface area contributed by atoms with E-state index in [9.17, 15) is 8.42 Å². The van der Waals surface area contributed by atoms with E-state index in [0.717, 1.165) is 6.26 Å². The van der Waals surface area contributed by atoms with Crippen LogP contribution in [0.4, 0.5) is 0 Å². The van der Waals surface area contributed by atoms with Gasteiger partial charge in [0.1, 0.15) is 0 Å². The average Bonchev–Trinajstić information content (AvgIpc) is 1.81. The first kappa shape index (κ1) is 9.87. The zero-order chi connectivity index (χ0) is 8.20. The average molecular weight is 166 g/mol. The summed E-state index contributed by atoms with van der Waals surface area (Å²) in [5.74, 6) is 0. The third-order valence-electron chi connectivity index (χ3n) is 1.06. The van der Waals surface area contributed by atoms with Crippen LogP contribution in [0.25, 0.3) is 0 Å². The van der Waals surface area contributed by atoms with E-state index >= 15 is 0 Å². The molecule has 4 nitrogen and oxygen atoms in total. The SMILES string of the molecule is CCN(CC)NS(C)(=O)=O. The molecule has 0 aromatic rings. The molecule has 0 aliphatic heterocycles. The molecule has 0 aliphatic rings. The Kier molecular flexibility index (Phi) is 3.85. The molecule has 0 unspecified atom stereocenters. The van der Waals surface area contributed by atoms with Gasteiger partial charge in [0.15, 0.2) is 0 Å². The number of hydrogen-bond acceptors (Lipinski definition) is 3. The molecule has 0 saturated carbocycles. The molecule has 0 heterocycles. The molecule has 0 aliphatic carbocycles. The topological polar surface area (TPSA) is 49.4 Å². The van der Waals surface area contributed by atoms with Gasteiger partial charge in [-0.3, -0.25) is 0 Å². The minimum Gasteiger partial charge on any atom is -0.231 e. The predicted octanol–water partition coefficient (Wildman–Crippen LogP) is -0.208. The second-order valence-corrected chi connectivity index (χ2v) is 3.76. The van der Waals surface area contributed by atoms with E-state index in [1.54, 1.807) is 5.01 Å². The van der Waals surface area contributed by atoms with Crippen molar-refractivity contribution in [2.45, 2.75) is 13.8 Å².